The number of benzene rings is 3. The lowest BCUT2D eigenvalue weighted by molar-refractivity contribution is -0.132. The Labute approximate surface area is 194 Å². The van der Waals surface area contributed by atoms with Crippen molar-refractivity contribution in [2.24, 2.45) is 0 Å². The van der Waals surface area contributed by atoms with Crippen LogP contribution in [0.15, 0.2) is 97.3 Å². The Hall–Kier alpha value is -3.86. The molecule has 3 aromatic carbocycles. The number of carbonyl (C=O) groups excluding carboxylic acids is 1. The minimum absolute atomic E-state index is 0.161. The normalized spacial score (nSPS) is 14.0. The highest BCUT2D eigenvalue weighted by Gasteiger charge is 2.30. The van der Waals surface area contributed by atoms with Crippen LogP contribution in [0.3, 0.4) is 0 Å². The molecule has 4 aromatic rings. The highest BCUT2D eigenvalue weighted by Crippen LogP contribution is 2.28. The highest BCUT2D eigenvalue weighted by atomic mass is 16.2. The van der Waals surface area contributed by atoms with Crippen LogP contribution in [0.2, 0.25) is 0 Å². The van der Waals surface area contributed by atoms with E-state index in [0.29, 0.717) is 13.1 Å². The third-order valence-electron chi connectivity index (χ3n) is 6.32. The maximum atomic E-state index is 13.7. The van der Waals surface area contributed by atoms with Gasteiger partial charge in [0.2, 0.25) is 11.9 Å². The molecular weight excluding hydrogens is 408 g/mol. The smallest absolute Gasteiger partial charge is 0.234 e. The van der Waals surface area contributed by atoms with Crippen LogP contribution in [0.25, 0.3) is 5.69 Å². The van der Waals surface area contributed by atoms with Crippen LogP contribution in [0.4, 0.5) is 5.95 Å². The monoisotopic (exact) mass is 436 g/mol. The van der Waals surface area contributed by atoms with Gasteiger partial charge in [-0.05, 0) is 30.2 Å². The van der Waals surface area contributed by atoms with Crippen LogP contribution in [0, 0.1) is 6.92 Å². The summed E-state index contributed by atoms with van der Waals surface area (Å²) in [5.74, 6) is 0.802. The summed E-state index contributed by atoms with van der Waals surface area (Å²) in [6.45, 7) is 4.95. The molecule has 0 saturated carbocycles. The number of hydrogen-bond acceptors (Lipinski definition) is 3. The highest BCUT2D eigenvalue weighted by molar-refractivity contribution is 5.87. The number of hydrogen-bond donors (Lipinski definition) is 0. The van der Waals surface area contributed by atoms with E-state index in [1.807, 2.05) is 78.0 Å². The predicted octanol–water partition coefficient (Wildman–Crippen LogP) is 4.66. The molecule has 0 spiro atoms. The minimum atomic E-state index is -0.284. The molecule has 0 radical (unpaired) electrons. The zero-order chi connectivity index (χ0) is 22.6. The number of piperazine rings is 1. The van der Waals surface area contributed by atoms with Crippen molar-refractivity contribution in [3.8, 4) is 5.69 Å². The van der Waals surface area contributed by atoms with Gasteiger partial charge in [-0.25, -0.2) is 4.98 Å². The standard InChI is InChI=1S/C28H28N4O/c1-22-12-14-25(15-13-22)32-17-16-29-28(32)31-20-18-30(19-21-31)27(33)26(23-8-4-2-5-9-23)24-10-6-3-7-11-24/h2-17,26H,18-21H2,1H3. The molecule has 0 N–H and O–H groups in total. The van der Waals surface area contributed by atoms with Crippen LogP contribution in [0.5, 0.6) is 0 Å². The van der Waals surface area contributed by atoms with Crippen molar-refractivity contribution in [2.45, 2.75) is 12.8 Å². The molecule has 1 aromatic heterocycles. The summed E-state index contributed by atoms with van der Waals surface area (Å²) in [7, 11) is 0. The number of anilines is 1. The van der Waals surface area contributed by atoms with Crippen molar-refractivity contribution in [3.05, 3.63) is 114 Å². The fourth-order valence-electron chi connectivity index (χ4n) is 4.51. The minimum Gasteiger partial charge on any atom is -0.338 e. The van der Waals surface area contributed by atoms with Crippen LogP contribution < -0.4 is 4.90 Å². The van der Waals surface area contributed by atoms with Gasteiger partial charge in [0.05, 0.1) is 5.92 Å². The van der Waals surface area contributed by atoms with Gasteiger partial charge in [-0.2, -0.15) is 0 Å². The molecule has 1 amide bonds. The number of imidazole rings is 1. The third-order valence-corrected chi connectivity index (χ3v) is 6.32. The summed E-state index contributed by atoms with van der Waals surface area (Å²) in [6.07, 6.45) is 3.84. The molecular formula is C28H28N4O. The molecule has 33 heavy (non-hydrogen) atoms. The third kappa shape index (κ3) is 4.40. The summed E-state index contributed by atoms with van der Waals surface area (Å²) in [5, 5.41) is 0. The van der Waals surface area contributed by atoms with Gasteiger partial charge in [0.1, 0.15) is 0 Å². The molecule has 1 aliphatic heterocycles. The van der Waals surface area contributed by atoms with Crippen molar-refractivity contribution < 1.29 is 4.79 Å². The summed E-state index contributed by atoms with van der Waals surface area (Å²) < 4.78 is 2.12. The second kappa shape index (κ2) is 9.33. The molecule has 2 heterocycles. The fourth-order valence-corrected chi connectivity index (χ4v) is 4.51. The molecule has 5 rings (SSSR count). The molecule has 0 unspecified atom stereocenters. The van der Waals surface area contributed by atoms with Gasteiger partial charge in [0.25, 0.3) is 0 Å². The van der Waals surface area contributed by atoms with Gasteiger partial charge < -0.3 is 9.80 Å². The summed E-state index contributed by atoms with van der Waals surface area (Å²) in [5.41, 5.74) is 4.40. The van der Waals surface area contributed by atoms with Crippen molar-refractivity contribution in [3.63, 3.8) is 0 Å². The molecule has 1 saturated heterocycles. The first-order valence-electron chi connectivity index (χ1n) is 11.4. The topological polar surface area (TPSA) is 41.4 Å². The number of nitrogens with zero attached hydrogens (tertiary/aromatic N) is 4. The van der Waals surface area contributed by atoms with Crippen molar-refractivity contribution in [1.82, 2.24) is 14.5 Å². The quantitative estimate of drug-likeness (QED) is 0.457. The lowest BCUT2D eigenvalue weighted by Gasteiger charge is -2.37. The number of aromatic nitrogens is 2. The second-order valence-electron chi connectivity index (χ2n) is 8.50. The molecule has 1 aliphatic rings. The van der Waals surface area contributed by atoms with E-state index in [9.17, 15) is 4.79 Å². The maximum absolute atomic E-state index is 13.7. The van der Waals surface area contributed by atoms with E-state index in [1.54, 1.807) is 0 Å². The SMILES string of the molecule is Cc1ccc(-n2ccnc2N2CCN(C(=O)C(c3ccccc3)c3ccccc3)CC2)cc1. The average Bonchev–Trinajstić information content (AvgIpc) is 3.36. The first kappa shape index (κ1) is 21.0. The van der Waals surface area contributed by atoms with E-state index in [2.05, 4.69) is 45.6 Å². The van der Waals surface area contributed by atoms with E-state index in [-0.39, 0.29) is 11.8 Å². The molecule has 0 atom stereocenters. The average molecular weight is 437 g/mol. The van der Waals surface area contributed by atoms with Crippen LogP contribution in [-0.2, 0) is 4.79 Å². The number of aryl methyl sites for hydroxylation is 1. The second-order valence-corrected chi connectivity index (χ2v) is 8.50. The first-order chi connectivity index (χ1) is 16.2. The molecule has 5 nitrogen and oxygen atoms in total. The molecule has 0 bridgehead atoms. The Morgan fingerprint density at radius 2 is 1.36 bits per heavy atom. The molecule has 0 aliphatic carbocycles. The number of amides is 1. The van der Waals surface area contributed by atoms with Gasteiger partial charge in [-0.15, -0.1) is 0 Å². The zero-order valence-electron chi connectivity index (χ0n) is 18.8. The summed E-state index contributed by atoms with van der Waals surface area (Å²) in [4.78, 5) is 22.6. The van der Waals surface area contributed by atoms with Gasteiger partial charge in [-0.3, -0.25) is 9.36 Å². The Bertz CT molecular complexity index is 1150. The molecule has 166 valence electrons. The Kier molecular flexibility index (Phi) is 5.94. The lowest BCUT2D eigenvalue weighted by Crippen LogP contribution is -2.50. The maximum Gasteiger partial charge on any atom is 0.234 e. The summed E-state index contributed by atoms with van der Waals surface area (Å²) >= 11 is 0. The lowest BCUT2D eigenvalue weighted by atomic mass is 9.90. The Balaban J connectivity index is 1.33. The Morgan fingerprint density at radius 1 is 0.788 bits per heavy atom. The van der Waals surface area contributed by atoms with Crippen molar-refractivity contribution >= 4 is 11.9 Å². The van der Waals surface area contributed by atoms with Crippen LogP contribution in [-0.4, -0.2) is 46.5 Å². The van der Waals surface area contributed by atoms with E-state index < -0.39 is 0 Å². The van der Waals surface area contributed by atoms with Gasteiger partial charge in [0.15, 0.2) is 0 Å². The predicted molar refractivity (Wildman–Crippen MR) is 132 cm³/mol. The van der Waals surface area contributed by atoms with Gasteiger partial charge in [0, 0.05) is 44.3 Å². The summed E-state index contributed by atoms with van der Waals surface area (Å²) in [6, 6.07) is 28.6. The van der Waals surface area contributed by atoms with Crippen LogP contribution in [0.1, 0.15) is 22.6 Å². The molecule has 1 fully saturated rings. The van der Waals surface area contributed by atoms with E-state index in [0.717, 1.165) is 35.9 Å². The number of carbonyl (C=O) groups is 1. The van der Waals surface area contributed by atoms with E-state index in [4.69, 9.17) is 0 Å². The van der Waals surface area contributed by atoms with Gasteiger partial charge in [-0.1, -0.05) is 78.4 Å². The number of rotatable bonds is 5. The molecule has 5 heteroatoms. The Morgan fingerprint density at radius 3 is 1.94 bits per heavy atom. The zero-order valence-corrected chi connectivity index (χ0v) is 18.8. The van der Waals surface area contributed by atoms with Crippen LogP contribution >= 0.6 is 0 Å². The van der Waals surface area contributed by atoms with E-state index in [1.165, 1.54) is 5.56 Å². The first-order valence-corrected chi connectivity index (χ1v) is 11.4. The largest absolute Gasteiger partial charge is 0.338 e. The van der Waals surface area contributed by atoms with Crippen molar-refractivity contribution in [2.75, 3.05) is 31.1 Å². The van der Waals surface area contributed by atoms with Gasteiger partial charge >= 0.3 is 0 Å². The van der Waals surface area contributed by atoms with Crippen molar-refractivity contribution in [1.29, 1.82) is 0 Å². The fraction of sp³-hybridized carbons (Fsp3) is 0.214. The van der Waals surface area contributed by atoms with E-state index >= 15 is 0 Å².